The maximum atomic E-state index is 10.5. The molecule has 88 valence electrons. The Morgan fingerprint density at radius 1 is 1.35 bits per heavy atom. The lowest BCUT2D eigenvalue weighted by molar-refractivity contribution is -0.137. The van der Waals surface area contributed by atoms with Crippen LogP contribution in [0.4, 0.5) is 0 Å². The molecule has 1 aromatic heterocycles. The van der Waals surface area contributed by atoms with E-state index in [0.717, 1.165) is 15.7 Å². The fourth-order valence-corrected chi connectivity index (χ4v) is 1.73. The van der Waals surface area contributed by atoms with Gasteiger partial charge in [-0.1, -0.05) is 33.3 Å². The van der Waals surface area contributed by atoms with E-state index in [4.69, 9.17) is 5.11 Å². The van der Waals surface area contributed by atoms with Crippen molar-refractivity contribution in [1.82, 2.24) is 15.0 Å². The molecule has 0 fully saturated rings. The van der Waals surface area contributed by atoms with Crippen molar-refractivity contribution < 1.29 is 9.90 Å². The van der Waals surface area contributed by atoms with E-state index >= 15 is 0 Å². The molecule has 0 spiro atoms. The Morgan fingerprint density at radius 3 is 2.71 bits per heavy atom. The minimum Gasteiger partial charge on any atom is -0.481 e. The van der Waals surface area contributed by atoms with Crippen molar-refractivity contribution in [3.05, 3.63) is 34.9 Å². The molecule has 2 rings (SSSR count). The average Bonchev–Trinajstić information content (AvgIpc) is 2.75. The number of nitrogens with zero attached hydrogens (tertiary/aromatic N) is 3. The molecule has 0 bridgehead atoms. The van der Waals surface area contributed by atoms with Gasteiger partial charge >= 0.3 is 5.97 Å². The van der Waals surface area contributed by atoms with Gasteiger partial charge in [0.25, 0.3) is 0 Å². The van der Waals surface area contributed by atoms with Crippen LogP contribution in [0.5, 0.6) is 0 Å². The number of carboxylic acid groups (broad SMARTS) is 1. The number of benzene rings is 1. The molecule has 2 aromatic rings. The van der Waals surface area contributed by atoms with Crippen LogP contribution in [0.2, 0.25) is 0 Å². The molecule has 0 amide bonds. The topological polar surface area (TPSA) is 68.0 Å². The summed E-state index contributed by atoms with van der Waals surface area (Å²) in [5, 5.41) is 16.3. The van der Waals surface area contributed by atoms with Crippen LogP contribution in [0.25, 0.3) is 11.3 Å². The number of carboxylic acids is 1. The van der Waals surface area contributed by atoms with Crippen molar-refractivity contribution in [3.8, 4) is 11.3 Å². The summed E-state index contributed by atoms with van der Waals surface area (Å²) in [6, 6.07) is 7.70. The number of rotatable bonds is 4. The standard InChI is InChI=1S/C11H10BrN3O2/c12-9-3-1-8(2-4-9)10-7-13-14-15(10)6-5-11(16)17/h1-4,7H,5-6H2,(H,16,17). The van der Waals surface area contributed by atoms with Gasteiger partial charge in [-0.05, 0) is 12.1 Å². The highest BCUT2D eigenvalue weighted by Crippen LogP contribution is 2.20. The fraction of sp³-hybridized carbons (Fsp3) is 0.182. The summed E-state index contributed by atoms with van der Waals surface area (Å²) in [7, 11) is 0. The third kappa shape index (κ3) is 2.91. The Labute approximate surface area is 106 Å². The van der Waals surface area contributed by atoms with Crippen LogP contribution in [0.15, 0.2) is 34.9 Å². The van der Waals surface area contributed by atoms with Crippen LogP contribution < -0.4 is 0 Å². The number of aromatic nitrogens is 3. The Hall–Kier alpha value is -1.69. The van der Waals surface area contributed by atoms with Crippen molar-refractivity contribution in [3.63, 3.8) is 0 Å². The second-order valence-electron chi connectivity index (χ2n) is 3.49. The summed E-state index contributed by atoms with van der Waals surface area (Å²) in [4.78, 5) is 10.5. The quantitative estimate of drug-likeness (QED) is 0.939. The maximum Gasteiger partial charge on any atom is 0.305 e. The van der Waals surface area contributed by atoms with Crippen LogP contribution in [-0.4, -0.2) is 26.1 Å². The molecule has 0 unspecified atom stereocenters. The van der Waals surface area contributed by atoms with Crippen LogP contribution in [0.1, 0.15) is 6.42 Å². The molecule has 1 aromatic carbocycles. The number of halogens is 1. The van der Waals surface area contributed by atoms with E-state index in [1.165, 1.54) is 0 Å². The maximum absolute atomic E-state index is 10.5. The predicted molar refractivity (Wildman–Crippen MR) is 65.4 cm³/mol. The van der Waals surface area contributed by atoms with Gasteiger partial charge in [-0.25, -0.2) is 4.68 Å². The zero-order valence-electron chi connectivity index (χ0n) is 8.88. The molecule has 1 N–H and O–H groups in total. The van der Waals surface area contributed by atoms with E-state index in [2.05, 4.69) is 26.2 Å². The Balaban J connectivity index is 2.24. The van der Waals surface area contributed by atoms with E-state index in [0.29, 0.717) is 6.54 Å². The van der Waals surface area contributed by atoms with Gasteiger partial charge in [-0.15, -0.1) is 5.10 Å². The van der Waals surface area contributed by atoms with Gasteiger partial charge in [0.1, 0.15) is 0 Å². The van der Waals surface area contributed by atoms with Gasteiger partial charge in [0.15, 0.2) is 0 Å². The smallest absolute Gasteiger partial charge is 0.305 e. The molecule has 0 saturated heterocycles. The first-order valence-electron chi connectivity index (χ1n) is 5.03. The summed E-state index contributed by atoms with van der Waals surface area (Å²) in [5.41, 5.74) is 1.78. The zero-order chi connectivity index (χ0) is 12.3. The van der Waals surface area contributed by atoms with E-state index < -0.39 is 5.97 Å². The van der Waals surface area contributed by atoms with Crippen molar-refractivity contribution in [2.75, 3.05) is 0 Å². The first-order valence-corrected chi connectivity index (χ1v) is 5.82. The zero-order valence-corrected chi connectivity index (χ0v) is 10.5. The Bertz CT molecular complexity index is 522. The van der Waals surface area contributed by atoms with Crippen molar-refractivity contribution >= 4 is 21.9 Å². The first-order chi connectivity index (χ1) is 8.16. The lowest BCUT2D eigenvalue weighted by atomic mass is 10.2. The molecule has 0 atom stereocenters. The Kier molecular flexibility index (Phi) is 3.53. The second kappa shape index (κ2) is 5.09. The van der Waals surface area contributed by atoms with Crippen LogP contribution in [0, 0.1) is 0 Å². The molecular formula is C11H10BrN3O2. The monoisotopic (exact) mass is 295 g/mol. The highest BCUT2D eigenvalue weighted by Gasteiger charge is 2.07. The minimum absolute atomic E-state index is 0.0346. The molecule has 0 radical (unpaired) electrons. The van der Waals surface area contributed by atoms with Crippen molar-refractivity contribution in [2.45, 2.75) is 13.0 Å². The first kappa shape index (κ1) is 11.8. The number of hydrogen-bond donors (Lipinski definition) is 1. The van der Waals surface area contributed by atoms with E-state index in [1.54, 1.807) is 10.9 Å². The Morgan fingerprint density at radius 2 is 2.06 bits per heavy atom. The van der Waals surface area contributed by atoms with Gasteiger partial charge < -0.3 is 5.11 Å². The number of hydrogen-bond acceptors (Lipinski definition) is 3. The molecule has 0 aliphatic carbocycles. The summed E-state index contributed by atoms with van der Waals surface area (Å²) >= 11 is 3.36. The summed E-state index contributed by atoms with van der Waals surface area (Å²) < 4.78 is 2.59. The largest absolute Gasteiger partial charge is 0.481 e. The molecular weight excluding hydrogens is 286 g/mol. The highest BCUT2D eigenvalue weighted by molar-refractivity contribution is 9.10. The van der Waals surface area contributed by atoms with Crippen LogP contribution in [-0.2, 0) is 11.3 Å². The normalized spacial score (nSPS) is 10.4. The second-order valence-corrected chi connectivity index (χ2v) is 4.41. The van der Waals surface area contributed by atoms with Gasteiger partial charge in [-0.2, -0.15) is 0 Å². The predicted octanol–water partition coefficient (Wildman–Crippen LogP) is 2.18. The third-order valence-electron chi connectivity index (χ3n) is 2.30. The van der Waals surface area contributed by atoms with Gasteiger partial charge in [0, 0.05) is 10.0 Å². The SMILES string of the molecule is O=C(O)CCn1nncc1-c1ccc(Br)cc1. The average molecular weight is 296 g/mol. The molecule has 1 heterocycles. The molecule has 0 saturated carbocycles. The number of aryl methyl sites for hydroxylation is 1. The summed E-state index contributed by atoms with van der Waals surface area (Å²) in [6.07, 6.45) is 1.66. The fourth-order valence-electron chi connectivity index (χ4n) is 1.47. The van der Waals surface area contributed by atoms with Gasteiger partial charge in [0.2, 0.25) is 0 Å². The lowest BCUT2D eigenvalue weighted by Crippen LogP contribution is -2.07. The molecule has 0 aliphatic heterocycles. The summed E-state index contributed by atoms with van der Waals surface area (Å²) in [5.74, 6) is -0.845. The molecule has 17 heavy (non-hydrogen) atoms. The summed E-state index contributed by atoms with van der Waals surface area (Å²) in [6.45, 7) is 0.320. The highest BCUT2D eigenvalue weighted by atomic mass is 79.9. The van der Waals surface area contributed by atoms with E-state index in [9.17, 15) is 4.79 Å². The third-order valence-corrected chi connectivity index (χ3v) is 2.82. The van der Waals surface area contributed by atoms with E-state index in [1.807, 2.05) is 24.3 Å². The number of carbonyl (C=O) groups is 1. The van der Waals surface area contributed by atoms with Crippen molar-refractivity contribution in [2.24, 2.45) is 0 Å². The van der Waals surface area contributed by atoms with Crippen LogP contribution in [0.3, 0.4) is 0 Å². The van der Waals surface area contributed by atoms with Gasteiger partial charge in [0.05, 0.1) is 24.9 Å². The molecule has 0 aliphatic rings. The minimum atomic E-state index is -0.845. The molecule has 6 heteroatoms. The van der Waals surface area contributed by atoms with Crippen molar-refractivity contribution in [1.29, 1.82) is 0 Å². The lowest BCUT2D eigenvalue weighted by Gasteiger charge is -2.04. The number of aliphatic carboxylic acids is 1. The molecule has 5 nitrogen and oxygen atoms in total. The van der Waals surface area contributed by atoms with E-state index in [-0.39, 0.29) is 6.42 Å². The van der Waals surface area contributed by atoms with Crippen LogP contribution >= 0.6 is 15.9 Å². The van der Waals surface area contributed by atoms with Gasteiger partial charge in [-0.3, -0.25) is 4.79 Å².